The van der Waals surface area contributed by atoms with E-state index >= 15 is 0 Å². The van der Waals surface area contributed by atoms with Gasteiger partial charge in [0.2, 0.25) is 5.91 Å². The van der Waals surface area contributed by atoms with Crippen LogP contribution in [-0.2, 0) is 0 Å². The number of nitrogens with zero attached hydrogens (tertiary/aromatic N) is 1. The lowest BCUT2D eigenvalue weighted by Gasteiger charge is -2.42. The predicted molar refractivity (Wildman–Crippen MR) is 96.6 cm³/mol. The van der Waals surface area contributed by atoms with Gasteiger partial charge < -0.3 is 20.7 Å². The summed E-state index contributed by atoms with van der Waals surface area (Å²) in [5, 5.41) is 3.71. The number of amides is 1. The highest BCUT2D eigenvalue weighted by Crippen LogP contribution is 2.49. The van der Waals surface area contributed by atoms with Crippen molar-refractivity contribution in [2.45, 2.75) is 43.8 Å². The summed E-state index contributed by atoms with van der Waals surface area (Å²) in [5.41, 5.74) is 8.05. The second-order valence-corrected chi connectivity index (χ2v) is 7.25. The highest BCUT2D eigenvalue weighted by Gasteiger charge is 2.39. The number of ether oxygens (including phenoxy) is 1. The van der Waals surface area contributed by atoms with Crippen molar-refractivity contribution < 1.29 is 9.53 Å². The minimum absolute atomic E-state index is 0.432. The molecule has 3 heterocycles. The zero-order chi connectivity index (χ0) is 17.0. The number of rotatable bonds is 2. The highest BCUT2D eigenvalue weighted by molar-refractivity contribution is 5.94. The molecule has 1 amide bonds. The van der Waals surface area contributed by atoms with Gasteiger partial charge in [0.15, 0.2) is 11.5 Å². The molecule has 3 atom stereocenters. The zero-order valence-electron chi connectivity index (χ0n) is 13.9. The first-order valence-corrected chi connectivity index (χ1v) is 8.95. The molecular weight excluding hydrogens is 314 g/mol. The average molecular weight is 335 g/mol. The van der Waals surface area contributed by atoms with Crippen molar-refractivity contribution in [2.75, 3.05) is 4.90 Å². The first-order valence-electron chi connectivity index (χ1n) is 8.95. The lowest BCUT2D eigenvalue weighted by Crippen LogP contribution is -2.47. The molecule has 128 valence electrons. The van der Waals surface area contributed by atoms with Crippen LogP contribution in [0.2, 0.25) is 0 Å². The second kappa shape index (κ2) is 5.49. The van der Waals surface area contributed by atoms with Crippen molar-refractivity contribution in [3.05, 3.63) is 48.0 Å². The van der Waals surface area contributed by atoms with Gasteiger partial charge in [-0.15, -0.1) is 0 Å². The Morgan fingerprint density at radius 2 is 1.76 bits per heavy atom. The molecule has 2 saturated heterocycles. The SMILES string of the molecule is NC(=O)c1ccc2c(c1)Oc1ccccc1N2C1C[C@H]2CC[C@@H](C1)N2. The summed E-state index contributed by atoms with van der Waals surface area (Å²) >= 11 is 0. The molecule has 3 aliphatic rings. The molecule has 2 aromatic rings. The van der Waals surface area contributed by atoms with Crippen molar-refractivity contribution in [3.8, 4) is 11.5 Å². The Bertz CT molecular complexity index is 839. The number of nitrogens with two attached hydrogens (primary N) is 1. The number of primary amides is 1. The number of anilines is 2. The molecule has 0 aromatic heterocycles. The maximum atomic E-state index is 11.6. The summed E-state index contributed by atoms with van der Waals surface area (Å²) in [5.74, 6) is 1.11. The number of nitrogens with one attached hydrogen (secondary N) is 1. The van der Waals surface area contributed by atoms with Crippen LogP contribution in [0, 0.1) is 0 Å². The molecule has 2 aromatic carbocycles. The zero-order valence-corrected chi connectivity index (χ0v) is 13.9. The number of carbonyl (C=O) groups excluding carboxylic acids is 1. The van der Waals surface area contributed by atoms with Gasteiger partial charge in [0.25, 0.3) is 0 Å². The van der Waals surface area contributed by atoms with E-state index < -0.39 is 5.91 Å². The summed E-state index contributed by atoms with van der Waals surface area (Å²) in [6.45, 7) is 0. The van der Waals surface area contributed by atoms with Gasteiger partial charge in [-0.3, -0.25) is 4.79 Å². The van der Waals surface area contributed by atoms with Crippen LogP contribution < -0.4 is 20.7 Å². The van der Waals surface area contributed by atoms with Gasteiger partial charge in [-0.25, -0.2) is 0 Å². The van der Waals surface area contributed by atoms with Crippen LogP contribution in [0.4, 0.5) is 11.4 Å². The topological polar surface area (TPSA) is 67.6 Å². The minimum atomic E-state index is -0.434. The lowest BCUT2D eigenvalue weighted by atomic mass is 9.95. The third-order valence-electron chi connectivity index (χ3n) is 5.66. The molecule has 3 N–H and O–H groups in total. The number of carbonyl (C=O) groups is 1. The fourth-order valence-electron chi connectivity index (χ4n) is 4.57. The van der Waals surface area contributed by atoms with E-state index in [1.165, 1.54) is 12.8 Å². The monoisotopic (exact) mass is 335 g/mol. The van der Waals surface area contributed by atoms with Crippen LogP contribution in [0.5, 0.6) is 11.5 Å². The lowest BCUT2D eigenvalue weighted by molar-refractivity contribution is 0.1000. The molecule has 0 radical (unpaired) electrons. The van der Waals surface area contributed by atoms with Crippen LogP contribution in [-0.4, -0.2) is 24.0 Å². The first-order chi connectivity index (χ1) is 12.2. The number of piperidine rings is 1. The van der Waals surface area contributed by atoms with E-state index in [9.17, 15) is 4.79 Å². The second-order valence-electron chi connectivity index (χ2n) is 7.25. The molecule has 0 aliphatic carbocycles. The molecular formula is C20H21N3O2. The standard InChI is InChI=1S/C20H21N3O2/c21-20(24)12-5-8-17-19(9-12)25-18-4-2-1-3-16(18)23(17)15-10-13-6-7-14(11-15)22-13/h1-5,8-9,13-15,22H,6-7,10-11H2,(H2,21,24)/t13-,14+,15?. The van der Waals surface area contributed by atoms with E-state index in [1.54, 1.807) is 12.1 Å². The third kappa shape index (κ3) is 2.38. The van der Waals surface area contributed by atoms with Crippen LogP contribution >= 0.6 is 0 Å². The highest BCUT2D eigenvalue weighted by atomic mass is 16.5. The molecule has 25 heavy (non-hydrogen) atoms. The fourth-order valence-corrected chi connectivity index (χ4v) is 4.57. The third-order valence-corrected chi connectivity index (χ3v) is 5.66. The van der Waals surface area contributed by atoms with E-state index in [1.807, 2.05) is 24.3 Å². The van der Waals surface area contributed by atoms with Gasteiger partial charge in [-0.05, 0) is 56.0 Å². The van der Waals surface area contributed by atoms with Crippen molar-refractivity contribution in [1.29, 1.82) is 0 Å². The van der Waals surface area contributed by atoms with Crippen molar-refractivity contribution in [3.63, 3.8) is 0 Å². The molecule has 0 saturated carbocycles. The molecule has 2 bridgehead atoms. The molecule has 5 heteroatoms. The molecule has 0 spiro atoms. The predicted octanol–water partition coefficient (Wildman–Crippen LogP) is 3.31. The summed E-state index contributed by atoms with van der Waals surface area (Å²) in [6, 6.07) is 15.3. The van der Waals surface area contributed by atoms with Crippen LogP contribution in [0.1, 0.15) is 36.0 Å². The Labute approximate surface area is 146 Å². The summed E-state index contributed by atoms with van der Waals surface area (Å²) in [4.78, 5) is 14.0. The number of hydrogen-bond acceptors (Lipinski definition) is 4. The van der Waals surface area contributed by atoms with E-state index in [2.05, 4.69) is 16.3 Å². The van der Waals surface area contributed by atoms with E-state index in [0.717, 1.165) is 30.0 Å². The van der Waals surface area contributed by atoms with Crippen LogP contribution in [0.3, 0.4) is 0 Å². The van der Waals surface area contributed by atoms with E-state index in [4.69, 9.17) is 10.5 Å². The van der Waals surface area contributed by atoms with Crippen molar-refractivity contribution in [2.24, 2.45) is 5.73 Å². The smallest absolute Gasteiger partial charge is 0.248 e. The number of benzene rings is 2. The molecule has 5 rings (SSSR count). The Kier molecular flexibility index (Phi) is 3.25. The Morgan fingerprint density at radius 3 is 2.52 bits per heavy atom. The summed E-state index contributed by atoms with van der Waals surface area (Å²) in [6.07, 6.45) is 4.78. The fraction of sp³-hybridized carbons (Fsp3) is 0.350. The Hall–Kier alpha value is -2.53. The number of hydrogen-bond donors (Lipinski definition) is 2. The van der Waals surface area contributed by atoms with Gasteiger partial charge in [-0.2, -0.15) is 0 Å². The van der Waals surface area contributed by atoms with Crippen molar-refractivity contribution in [1.82, 2.24) is 5.32 Å². The van der Waals surface area contributed by atoms with Crippen molar-refractivity contribution >= 4 is 17.3 Å². The largest absolute Gasteiger partial charge is 0.453 e. The van der Waals surface area contributed by atoms with Gasteiger partial charge >= 0.3 is 0 Å². The van der Waals surface area contributed by atoms with Gasteiger partial charge in [0.1, 0.15) is 0 Å². The molecule has 3 aliphatic heterocycles. The molecule has 1 unspecified atom stereocenters. The Balaban J connectivity index is 1.61. The van der Waals surface area contributed by atoms with Gasteiger partial charge in [-0.1, -0.05) is 12.1 Å². The number of para-hydroxylation sites is 2. The quantitative estimate of drug-likeness (QED) is 0.883. The molecule has 2 fully saturated rings. The minimum Gasteiger partial charge on any atom is -0.453 e. The average Bonchev–Trinajstić information content (AvgIpc) is 2.97. The maximum Gasteiger partial charge on any atom is 0.248 e. The normalized spacial score (nSPS) is 26.6. The summed E-state index contributed by atoms with van der Waals surface area (Å²) in [7, 11) is 0. The first kappa shape index (κ1) is 14.8. The van der Waals surface area contributed by atoms with Gasteiger partial charge in [0, 0.05) is 23.7 Å². The van der Waals surface area contributed by atoms with Crippen LogP contribution in [0.25, 0.3) is 0 Å². The number of fused-ring (bicyclic) bond motifs is 4. The van der Waals surface area contributed by atoms with Gasteiger partial charge in [0.05, 0.1) is 11.4 Å². The summed E-state index contributed by atoms with van der Waals surface area (Å²) < 4.78 is 6.09. The molecule has 5 nitrogen and oxygen atoms in total. The maximum absolute atomic E-state index is 11.6. The van der Waals surface area contributed by atoms with E-state index in [-0.39, 0.29) is 0 Å². The van der Waals surface area contributed by atoms with Crippen LogP contribution in [0.15, 0.2) is 42.5 Å². The Morgan fingerprint density at radius 1 is 1.04 bits per heavy atom. The van der Waals surface area contributed by atoms with E-state index in [0.29, 0.717) is 29.4 Å².